The van der Waals surface area contributed by atoms with Crippen LogP contribution in [0.5, 0.6) is 5.75 Å². The molecule has 0 spiro atoms. The van der Waals surface area contributed by atoms with Crippen molar-refractivity contribution in [3.8, 4) is 5.75 Å². The van der Waals surface area contributed by atoms with Gasteiger partial charge in [-0.3, -0.25) is 4.79 Å². The second-order valence-electron chi connectivity index (χ2n) is 4.70. The fourth-order valence-electron chi connectivity index (χ4n) is 1.78. The molecule has 5 nitrogen and oxygen atoms in total. The first-order valence-electron chi connectivity index (χ1n) is 6.65. The predicted octanol–water partition coefficient (Wildman–Crippen LogP) is 2.87. The van der Waals surface area contributed by atoms with Crippen molar-refractivity contribution in [1.29, 1.82) is 0 Å². The topological polar surface area (TPSA) is 73.7 Å². The van der Waals surface area contributed by atoms with Crippen molar-refractivity contribution in [2.75, 3.05) is 11.9 Å². The van der Waals surface area contributed by atoms with Gasteiger partial charge in [0.1, 0.15) is 5.75 Å². The molecule has 0 unspecified atom stereocenters. The van der Waals surface area contributed by atoms with Gasteiger partial charge in [-0.05, 0) is 83.1 Å². The van der Waals surface area contributed by atoms with E-state index in [0.29, 0.717) is 0 Å². The number of phenolic OH excluding ortho intramolecular Hbond substituents is 1. The molecule has 22 heavy (non-hydrogen) atoms. The maximum absolute atomic E-state index is 11.7. The molecule has 0 radical (unpaired) electrons. The van der Waals surface area contributed by atoms with Gasteiger partial charge >= 0.3 is 0 Å². The number of nitrogens with zero attached hydrogens (tertiary/aromatic N) is 1. The highest BCUT2D eigenvalue weighted by atomic mass is 127. The van der Waals surface area contributed by atoms with Crippen LogP contribution in [0.4, 0.5) is 5.69 Å². The molecule has 1 amide bonds. The molecule has 0 bridgehead atoms. The zero-order valence-electron chi connectivity index (χ0n) is 12.0. The molecule has 0 fully saturated rings. The Bertz CT molecular complexity index is 684. The minimum Gasteiger partial charge on any atom is -0.508 e. The van der Waals surface area contributed by atoms with Gasteiger partial charge in [-0.1, -0.05) is 0 Å². The van der Waals surface area contributed by atoms with Gasteiger partial charge in [0.05, 0.1) is 12.8 Å². The number of benzene rings is 2. The average molecular weight is 409 g/mol. The summed E-state index contributed by atoms with van der Waals surface area (Å²) in [5, 5.41) is 16.1. The van der Waals surface area contributed by atoms with E-state index in [4.69, 9.17) is 5.11 Å². The monoisotopic (exact) mass is 409 g/mol. The minimum absolute atomic E-state index is 0.147. The second kappa shape index (κ2) is 7.79. The summed E-state index contributed by atoms with van der Waals surface area (Å²) < 4.78 is 1.16. The molecule has 0 atom stereocenters. The Morgan fingerprint density at radius 2 is 2.00 bits per heavy atom. The standard InChI is InChI=1S/C16H16IN3O2/c1-11-8-13(17)4-7-15(11)18-10-16(22)20-19-9-12-2-5-14(21)6-3-12/h2-9,18,21H,10H2,1H3,(H,20,22)/b19-9-. The third kappa shape index (κ3) is 5.03. The van der Waals surface area contributed by atoms with Gasteiger partial charge in [0.15, 0.2) is 0 Å². The fourth-order valence-corrected chi connectivity index (χ4v) is 2.43. The van der Waals surface area contributed by atoms with E-state index in [9.17, 15) is 4.79 Å². The number of anilines is 1. The number of hydrogen-bond acceptors (Lipinski definition) is 4. The summed E-state index contributed by atoms with van der Waals surface area (Å²) in [6.07, 6.45) is 1.52. The quantitative estimate of drug-likeness (QED) is 0.404. The molecule has 0 aromatic heterocycles. The van der Waals surface area contributed by atoms with Crippen LogP contribution in [0.1, 0.15) is 11.1 Å². The van der Waals surface area contributed by atoms with Crippen LogP contribution in [-0.2, 0) is 4.79 Å². The fraction of sp³-hybridized carbons (Fsp3) is 0.125. The molecule has 0 saturated heterocycles. The molecule has 2 rings (SSSR count). The van der Waals surface area contributed by atoms with E-state index < -0.39 is 0 Å². The van der Waals surface area contributed by atoms with E-state index in [0.717, 1.165) is 20.4 Å². The highest BCUT2D eigenvalue weighted by molar-refractivity contribution is 14.1. The first kappa shape index (κ1) is 16.3. The maximum atomic E-state index is 11.7. The van der Waals surface area contributed by atoms with Gasteiger partial charge in [0.25, 0.3) is 5.91 Å². The largest absolute Gasteiger partial charge is 0.508 e. The zero-order chi connectivity index (χ0) is 15.9. The number of amides is 1. The van der Waals surface area contributed by atoms with Crippen molar-refractivity contribution in [1.82, 2.24) is 5.43 Å². The van der Waals surface area contributed by atoms with Crippen molar-refractivity contribution >= 4 is 40.4 Å². The average Bonchev–Trinajstić information content (AvgIpc) is 2.48. The molecule has 0 aliphatic rings. The van der Waals surface area contributed by atoms with Gasteiger partial charge in [0, 0.05) is 9.26 Å². The summed E-state index contributed by atoms with van der Waals surface area (Å²) >= 11 is 2.25. The Hall–Kier alpha value is -2.09. The Kier molecular flexibility index (Phi) is 5.76. The number of hydrogen-bond donors (Lipinski definition) is 3. The van der Waals surface area contributed by atoms with Crippen LogP contribution in [0.25, 0.3) is 0 Å². The van der Waals surface area contributed by atoms with E-state index in [-0.39, 0.29) is 18.2 Å². The minimum atomic E-state index is -0.229. The third-order valence-corrected chi connectivity index (χ3v) is 3.59. The number of halogens is 1. The van der Waals surface area contributed by atoms with E-state index in [2.05, 4.69) is 38.4 Å². The number of rotatable bonds is 5. The molecule has 0 heterocycles. The summed E-state index contributed by atoms with van der Waals surface area (Å²) in [5.41, 5.74) is 5.26. The molecule has 114 valence electrons. The van der Waals surface area contributed by atoms with Crippen molar-refractivity contribution < 1.29 is 9.90 Å². The van der Waals surface area contributed by atoms with Crippen molar-refractivity contribution in [2.24, 2.45) is 5.10 Å². The van der Waals surface area contributed by atoms with Gasteiger partial charge in [-0.15, -0.1) is 0 Å². The van der Waals surface area contributed by atoms with Crippen molar-refractivity contribution in [3.05, 3.63) is 57.2 Å². The summed E-state index contributed by atoms with van der Waals surface area (Å²) in [6, 6.07) is 12.5. The molecule has 0 saturated carbocycles. The molecule has 2 aromatic carbocycles. The number of hydrazone groups is 1. The maximum Gasteiger partial charge on any atom is 0.259 e. The van der Waals surface area contributed by atoms with Gasteiger partial charge in [-0.2, -0.15) is 5.10 Å². The lowest BCUT2D eigenvalue weighted by molar-refractivity contribution is -0.119. The van der Waals surface area contributed by atoms with Crippen LogP contribution >= 0.6 is 22.6 Å². The van der Waals surface area contributed by atoms with Crippen LogP contribution in [-0.4, -0.2) is 23.8 Å². The molecule has 2 aromatic rings. The van der Waals surface area contributed by atoms with Gasteiger partial charge < -0.3 is 10.4 Å². The first-order chi connectivity index (χ1) is 10.5. The van der Waals surface area contributed by atoms with Crippen LogP contribution in [0, 0.1) is 10.5 Å². The van der Waals surface area contributed by atoms with Crippen LogP contribution < -0.4 is 10.7 Å². The number of nitrogens with one attached hydrogen (secondary N) is 2. The van der Waals surface area contributed by atoms with Crippen molar-refractivity contribution in [2.45, 2.75) is 6.92 Å². The molecular weight excluding hydrogens is 393 g/mol. The van der Waals surface area contributed by atoms with E-state index >= 15 is 0 Å². The van der Waals surface area contributed by atoms with E-state index in [1.807, 2.05) is 25.1 Å². The first-order valence-corrected chi connectivity index (χ1v) is 7.73. The Morgan fingerprint density at radius 3 is 2.68 bits per heavy atom. The number of phenols is 1. The lowest BCUT2D eigenvalue weighted by atomic mass is 10.2. The van der Waals surface area contributed by atoms with Crippen LogP contribution in [0.15, 0.2) is 47.6 Å². The Balaban J connectivity index is 1.81. The van der Waals surface area contributed by atoms with Gasteiger partial charge in [0.2, 0.25) is 0 Å². The third-order valence-electron chi connectivity index (χ3n) is 2.92. The van der Waals surface area contributed by atoms with Crippen LogP contribution in [0.3, 0.4) is 0 Å². The highest BCUT2D eigenvalue weighted by Gasteiger charge is 2.02. The summed E-state index contributed by atoms with van der Waals surface area (Å²) in [4.78, 5) is 11.7. The molecule has 3 N–H and O–H groups in total. The van der Waals surface area contributed by atoms with Crippen LogP contribution in [0.2, 0.25) is 0 Å². The lowest BCUT2D eigenvalue weighted by Crippen LogP contribution is -2.26. The van der Waals surface area contributed by atoms with Gasteiger partial charge in [-0.25, -0.2) is 5.43 Å². The summed E-state index contributed by atoms with van der Waals surface area (Å²) in [6.45, 7) is 2.14. The predicted molar refractivity (Wildman–Crippen MR) is 96.2 cm³/mol. The Labute approximate surface area is 142 Å². The number of aryl methyl sites for hydroxylation is 1. The van der Waals surface area contributed by atoms with Crippen molar-refractivity contribution in [3.63, 3.8) is 0 Å². The molecule has 6 heteroatoms. The summed E-state index contributed by atoms with van der Waals surface area (Å²) in [7, 11) is 0. The number of carbonyl (C=O) groups excluding carboxylic acids is 1. The molecule has 0 aliphatic carbocycles. The smallest absolute Gasteiger partial charge is 0.259 e. The SMILES string of the molecule is Cc1cc(I)ccc1NCC(=O)N/N=C\c1ccc(O)cc1. The summed E-state index contributed by atoms with van der Waals surface area (Å²) in [5.74, 6) is -0.0359. The second-order valence-corrected chi connectivity index (χ2v) is 5.94. The van der Waals surface area contributed by atoms with E-state index in [1.165, 1.54) is 6.21 Å². The zero-order valence-corrected chi connectivity index (χ0v) is 14.2. The number of aromatic hydroxyl groups is 1. The normalized spacial score (nSPS) is 10.6. The Morgan fingerprint density at radius 1 is 1.27 bits per heavy atom. The lowest BCUT2D eigenvalue weighted by Gasteiger charge is -2.08. The number of carbonyl (C=O) groups is 1. The van der Waals surface area contributed by atoms with E-state index in [1.54, 1.807) is 24.3 Å². The molecule has 0 aliphatic heterocycles. The highest BCUT2D eigenvalue weighted by Crippen LogP contribution is 2.17. The molecular formula is C16H16IN3O2.